The average Bonchev–Trinajstić information content (AvgIpc) is 2.53. The Hall–Kier alpha value is -1.36. The highest BCUT2D eigenvalue weighted by molar-refractivity contribution is 14.1. The topological polar surface area (TPSA) is 78.5 Å². The third-order valence-corrected chi connectivity index (χ3v) is 4.55. The zero-order chi connectivity index (χ0) is 18.4. The molecule has 1 aliphatic rings. The van der Waals surface area contributed by atoms with Gasteiger partial charge < -0.3 is 15.0 Å². The molecule has 3 N–H and O–H groups in total. The number of aromatic nitrogens is 1. The van der Waals surface area contributed by atoms with Crippen molar-refractivity contribution in [2.24, 2.45) is 0 Å². The standard InChI is InChI=1S/C16H24IN5O2S/c1-16(2,3)24-15(23)22-9-5-6-11(10-22)19-14(25)21-20-13-12(17)7-4-8-18-13/h4,7-8,11H,5-6,9-10H2,1-3H3,(H,18,20)(H2,19,21,25). The number of pyridine rings is 1. The largest absolute Gasteiger partial charge is 0.444 e. The number of nitrogens with one attached hydrogen (secondary N) is 3. The van der Waals surface area contributed by atoms with Crippen LogP contribution in [-0.4, -0.2) is 45.8 Å². The van der Waals surface area contributed by atoms with Gasteiger partial charge in [0.1, 0.15) is 5.60 Å². The maximum Gasteiger partial charge on any atom is 0.410 e. The lowest BCUT2D eigenvalue weighted by Crippen LogP contribution is -2.53. The average molecular weight is 477 g/mol. The molecule has 1 atom stereocenters. The quantitative estimate of drug-likeness (QED) is 0.351. The first-order valence-electron chi connectivity index (χ1n) is 8.15. The minimum atomic E-state index is -0.488. The molecule has 1 aliphatic heterocycles. The van der Waals surface area contributed by atoms with Crippen molar-refractivity contribution in [3.8, 4) is 0 Å². The molecule has 1 aromatic rings. The molecule has 138 valence electrons. The number of likely N-dealkylation sites (tertiary alicyclic amines) is 1. The first kappa shape index (κ1) is 20.0. The van der Waals surface area contributed by atoms with Crippen molar-refractivity contribution in [3.05, 3.63) is 21.9 Å². The monoisotopic (exact) mass is 477 g/mol. The van der Waals surface area contributed by atoms with Gasteiger partial charge in [0.25, 0.3) is 0 Å². The number of hydrogen-bond donors (Lipinski definition) is 3. The Morgan fingerprint density at radius 1 is 1.48 bits per heavy atom. The zero-order valence-corrected chi connectivity index (χ0v) is 17.6. The van der Waals surface area contributed by atoms with Crippen LogP contribution in [0.1, 0.15) is 33.6 Å². The van der Waals surface area contributed by atoms with E-state index in [0.717, 1.165) is 16.4 Å². The third-order valence-electron chi connectivity index (χ3n) is 3.46. The highest BCUT2D eigenvalue weighted by atomic mass is 127. The van der Waals surface area contributed by atoms with Crippen molar-refractivity contribution in [1.29, 1.82) is 0 Å². The maximum absolute atomic E-state index is 12.2. The number of thiocarbonyl (C=S) groups is 1. The molecule has 2 rings (SSSR count). The number of halogens is 1. The molecule has 0 bridgehead atoms. The number of piperidine rings is 1. The molecule has 7 nitrogen and oxygen atoms in total. The predicted molar refractivity (Wildman–Crippen MR) is 110 cm³/mol. The van der Waals surface area contributed by atoms with Crippen LogP contribution in [0.5, 0.6) is 0 Å². The molecule has 1 unspecified atom stereocenters. The van der Waals surface area contributed by atoms with Gasteiger partial charge in [0.2, 0.25) is 0 Å². The van der Waals surface area contributed by atoms with Crippen LogP contribution < -0.4 is 16.2 Å². The number of carbonyl (C=O) groups excluding carboxylic acids is 1. The number of hydrazine groups is 1. The molecule has 1 saturated heterocycles. The second-order valence-electron chi connectivity index (χ2n) is 6.82. The SMILES string of the molecule is CC(C)(C)OC(=O)N1CCCC(NC(=S)NNc2ncccc2I)C1. The van der Waals surface area contributed by atoms with Crippen LogP contribution in [0.4, 0.5) is 10.6 Å². The maximum atomic E-state index is 12.2. The molecule has 0 aliphatic carbocycles. The van der Waals surface area contributed by atoms with E-state index in [9.17, 15) is 4.79 Å². The van der Waals surface area contributed by atoms with Gasteiger partial charge in [-0.25, -0.2) is 9.78 Å². The summed E-state index contributed by atoms with van der Waals surface area (Å²) in [4.78, 5) is 18.2. The summed E-state index contributed by atoms with van der Waals surface area (Å²) in [6, 6.07) is 3.91. The van der Waals surface area contributed by atoms with Crippen molar-refractivity contribution in [2.75, 3.05) is 18.5 Å². The van der Waals surface area contributed by atoms with Gasteiger partial charge in [-0.15, -0.1) is 0 Å². The second kappa shape index (κ2) is 8.84. The van der Waals surface area contributed by atoms with Gasteiger partial charge in [-0.05, 0) is 80.6 Å². The van der Waals surface area contributed by atoms with E-state index in [2.05, 4.69) is 43.7 Å². The number of ether oxygens (including phenoxy) is 1. The highest BCUT2D eigenvalue weighted by Gasteiger charge is 2.27. The molecule has 0 spiro atoms. The van der Waals surface area contributed by atoms with E-state index in [1.165, 1.54) is 0 Å². The van der Waals surface area contributed by atoms with Crippen molar-refractivity contribution in [1.82, 2.24) is 20.6 Å². The third kappa shape index (κ3) is 6.81. The van der Waals surface area contributed by atoms with Crippen molar-refractivity contribution < 1.29 is 9.53 Å². The zero-order valence-electron chi connectivity index (χ0n) is 14.6. The summed E-state index contributed by atoms with van der Waals surface area (Å²) in [5, 5.41) is 3.70. The molecule has 0 saturated carbocycles. The van der Waals surface area contributed by atoms with Crippen LogP contribution in [0.3, 0.4) is 0 Å². The summed E-state index contributed by atoms with van der Waals surface area (Å²) in [6.45, 7) is 6.88. The van der Waals surface area contributed by atoms with Gasteiger partial charge >= 0.3 is 6.09 Å². The van der Waals surface area contributed by atoms with Crippen LogP contribution >= 0.6 is 34.8 Å². The van der Waals surface area contributed by atoms with Crippen molar-refractivity contribution >= 4 is 51.8 Å². The van der Waals surface area contributed by atoms with Crippen LogP contribution in [0.25, 0.3) is 0 Å². The van der Waals surface area contributed by atoms with Gasteiger partial charge in [-0.1, -0.05) is 0 Å². The summed E-state index contributed by atoms with van der Waals surface area (Å²) in [6.07, 6.45) is 3.29. The fourth-order valence-electron chi connectivity index (χ4n) is 2.40. The molecular formula is C16H24IN5O2S. The van der Waals surface area contributed by atoms with Gasteiger partial charge in [-0.2, -0.15) is 0 Å². The van der Waals surface area contributed by atoms with E-state index in [4.69, 9.17) is 17.0 Å². The second-order valence-corrected chi connectivity index (χ2v) is 8.39. The lowest BCUT2D eigenvalue weighted by molar-refractivity contribution is 0.0194. The van der Waals surface area contributed by atoms with Crippen LogP contribution in [0.2, 0.25) is 0 Å². The van der Waals surface area contributed by atoms with E-state index in [1.807, 2.05) is 32.9 Å². The van der Waals surface area contributed by atoms with Gasteiger partial charge in [0, 0.05) is 25.3 Å². The summed E-state index contributed by atoms with van der Waals surface area (Å²) in [7, 11) is 0. The number of nitrogens with zero attached hydrogens (tertiary/aromatic N) is 2. The van der Waals surface area contributed by atoms with E-state index >= 15 is 0 Å². The normalized spacial score (nSPS) is 17.6. The molecule has 9 heteroatoms. The number of amides is 1. The lowest BCUT2D eigenvalue weighted by Gasteiger charge is -2.34. The predicted octanol–water partition coefficient (Wildman–Crippen LogP) is 2.88. The number of hydrogen-bond acceptors (Lipinski definition) is 5. The fourth-order valence-corrected chi connectivity index (χ4v) is 3.10. The minimum Gasteiger partial charge on any atom is -0.444 e. The van der Waals surface area contributed by atoms with Gasteiger partial charge in [-0.3, -0.25) is 10.9 Å². The molecule has 0 radical (unpaired) electrons. The highest BCUT2D eigenvalue weighted by Crippen LogP contribution is 2.15. The molecular weight excluding hydrogens is 453 g/mol. The van der Waals surface area contributed by atoms with E-state index in [0.29, 0.717) is 24.0 Å². The van der Waals surface area contributed by atoms with E-state index < -0.39 is 5.60 Å². The fraction of sp³-hybridized carbons (Fsp3) is 0.562. The van der Waals surface area contributed by atoms with Crippen molar-refractivity contribution in [2.45, 2.75) is 45.3 Å². The molecule has 25 heavy (non-hydrogen) atoms. The van der Waals surface area contributed by atoms with Crippen LogP contribution in [0.15, 0.2) is 18.3 Å². The van der Waals surface area contributed by atoms with E-state index in [1.54, 1.807) is 11.1 Å². The summed E-state index contributed by atoms with van der Waals surface area (Å²) in [5.41, 5.74) is 5.44. The lowest BCUT2D eigenvalue weighted by atomic mass is 10.1. The van der Waals surface area contributed by atoms with Crippen LogP contribution in [-0.2, 0) is 4.74 Å². The van der Waals surface area contributed by atoms with Crippen LogP contribution in [0, 0.1) is 3.57 Å². The Morgan fingerprint density at radius 2 is 2.24 bits per heavy atom. The first-order valence-corrected chi connectivity index (χ1v) is 9.64. The summed E-state index contributed by atoms with van der Waals surface area (Å²) in [5.74, 6) is 0.714. The Kier molecular flexibility index (Phi) is 7.05. The Balaban J connectivity index is 1.80. The summed E-state index contributed by atoms with van der Waals surface area (Å²) < 4.78 is 6.43. The van der Waals surface area contributed by atoms with Gasteiger partial charge in [0.05, 0.1) is 3.57 Å². The molecule has 0 aromatic carbocycles. The molecule has 1 amide bonds. The number of carbonyl (C=O) groups is 1. The first-order chi connectivity index (χ1) is 11.7. The Labute approximate surface area is 167 Å². The minimum absolute atomic E-state index is 0.0888. The Morgan fingerprint density at radius 3 is 2.92 bits per heavy atom. The smallest absolute Gasteiger partial charge is 0.410 e. The molecule has 1 fully saturated rings. The summed E-state index contributed by atoms with van der Waals surface area (Å²) >= 11 is 7.52. The van der Waals surface area contributed by atoms with Gasteiger partial charge in [0.15, 0.2) is 10.9 Å². The molecule has 1 aromatic heterocycles. The Bertz CT molecular complexity index is 623. The number of rotatable bonds is 3. The molecule has 2 heterocycles. The van der Waals surface area contributed by atoms with Crippen molar-refractivity contribution in [3.63, 3.8) is 0 Å². The van der Waals surface area contributed by atoms with E-state index in [-0.39, 0.29) is 12.1 Å². The number of anilines is 1.